The number of ether oxygens (including phenoxy) is 1. The van der Waals surface area contributed by atoms with E-state index in [-0.39, 0.29) is 30.4 Å². The van der Waals surface area contributed by atoms with E-state index in [0.717, 1.165) is 15.3 Å². The second kappa shape index (κ2) is 9.67. The van der Waals surface area contributed by atoms with Crippen LogP contribution in [-0.2, 0) is 19.6 Å². The zero-order chi connectivity index (χ0) is 20.9. The summed E-state index contributed by atoms with van der Waals surface area (Å²) in [5.74, 6) is -0.429. The number of sulfonamides is 1. The van der Waals surface area contributed by atoms with Gasteiger partial charge in [-0.2, -0.15) is 4.31 Å². The van der Waals surface area contributed by atoms with E-state index in [1.165, 1.54) is 10.4 Å². The van der Waals surface area contributed by atoms with Crippen LogP contribution in [0.3, 0.4) is 0 Å². The van der Waals surface area contributed by atoms with E-state index >= 15 is 0 Å². The molecule has 0 bridgehead atoms. The van der Waals surface area contributed by atoms with Crippen LogP contribution in [-0.4, -0.2) is 56.2 Å². The molecule has 0 aliphatic carbocycles. The van der Waals surface area contributed by atoms with Crippen molar-refractivity contribution in [1.29, 1.82) is 0 Å². The predicted octanol–water partition coefficient (Wildman–Crippen LogP) is 2.98. The first-order valence-electron chi connectivity index (χ1n) is 9.58. The first-order valence-corrected chi connectivity index (χ1v) is 12.0. The number of nitrogens with one attached hydrogen (secondary N) is 1. The molecular formula is C21H26N2O4S2. The van der Waals surface area contributed by atoms with Crippen molar-refractivity contribution in [3.05, 3.63) is 53.4 Å². The molecule has 3 rings (SSSR count). The van der Waals surface area contributed by atoms with Crippen molar-refractivity contribution in [3.63, 3.8) is 0 Å². The summed E-state index contributed by atoms with van der Waals surface area (Å²) in [5.41, 5.74) is 1.14. The molecule has 2 aromatic rings. The van der Waals surface area contributed by atoms with Gasteiger partial charge in [0, 0.05) is 35.5 Å². The van der Waals surface area contributed by atoms with E-state index < -0.39 is 10.0 Å². The molecule has 1 aliphatic rings. The summed E-state index contributed by atoms with van der Waals surface area (Å²) in [6, 6.07) is 14.0. The standard InChI is InChI=1S/C21H26N2O4S2/c1-16-14-23(15-17(2)27-16)29(25,26)13-12-22-21(24)11-9-19-8-10-20(28-19)18-6-4-3-5-7-18/h3-11,16-17H,12-15H2,1-2H3,(H,22,24)/b11-9+. The number of carbonyl (C=O) groups excluding carboxylic acids is 1. The third kappa shape index (κ3) is 6.24. The summed E-state index contributed by atoms with van der Waals surface area (Å²) in [6.07, 6.45) is 2.92. The molecule has 2 unspecified atom stereocenters. The maximum Gasteiger partial charge on any atom is 0.244 e. The van der Waals surface area contributed by atoms with Gasteiger partial charge in [0.25, 0.3) is 0 Å². The van der Waals surface area contributed by atoms with Crippen LogP contribution >= 0.6 is 11.3 Å². The molecule has 6 nitrogen and oxygen atoms in total. The first-order chi connectivity index (χ1) is 13.8. The van der Waals surface area contributed by atoms with Gasteiger partial charge in [0.1, 0.15) is 0 Å². The molecule has 1 aromatic heterocycles. The Labute approximate surface area is 176 Å². The van der Waals surface area contributed by atoms with Crippen molar-refractivity contribution in [2.45, 2.75) is 26.1 Å². The molecule has 2 atom stereocenters. The Morgan fingerprint density at radius 3 is 2.55 bits per heavy atom. The van der Waals surface area contributed by atoms with E-state index in [1.807, 2.05) is 56.3 Å². The third-order valence-electron chi connectivity index (χ3n) is 4.52. The molecule has 156 valence electrons. The van der Waals surface area contributed by atoms with E-state index in [1.54, 1.807) is 17.4 Å². The van der Waals surface area contributed by atoms with Gasteiger partial charge in [-0.05, 0) is 37.6 Å². The normalized spacial score (nSPS) is 20.8. The number of hydrogen-bond acceptors (Lipinski definition) is 5. The van der Waals surface area contributed by atoms with E-state index in [9.17, 15) is 13.2 Å². The molecule has 1 aromatic carbocycles. The predicted molar refractivity (Wildman–Crippen MR) is 117 cm³/mol. The van der Waals surface area contributed by atoms with Crippen LogP contribution in [0.2, 0.25) is 0 Å². The summed E-state index contributed by atoms with van der Waals surface area (Å²) in [5, 5.41) is 2.65. The Morgan fingerprint density at radius 2 is 1.86 bits per heavy atom. The van der Waals surface area contributed by atoms with Crippen LogP contribution in [0.15, 0.2) is 48.5 Å². The van der Waals surface area contributed by atoms with Gasteiger partial charge in [0.05, 0.1) is 18.0 Å². The van der Waals surface area contributed by atoms with Gasteiger partial charge in [-0.25, -0.2) is 8.42 Å². The molecule has 0 saturated carbocycles. The lowest BCUT2D eigenvalue weighted by molar-refractivity contribution is -0.116. The monoisotopic (exact) mass is 434 g/mol. The molecule has 1 fully saturated rings. The van der Waals surface area contributed by atoms with Gasteiger partial charge in [0.15, 0.2) is 0 Å². The highest BCUT2D eigenvalue weighted by Gasteiger charge is 2.30. The molecule has 1 saturated heterocycles. The van der Waals surface area contributed by atoms with Crippen molar-refractivity contribution >= 4 is 33.3 Å². The molecule has 1 N–H and O–H groups in total. The average Bonchev–Trinajstić information content (AvgIpc) is 3.15. The van der Waals surface area contributed by atoms with Gasteiger partial charge in [-0.3, -0.25) is 4.79 Å². The molecular weight excluding hydrogens is 408 g/mol. The Hall–Kier alpha value is -2.00. The number of nitrogens with zero attached hydrogens (tertiary/aromatic N) is 1. The van der Waals surface area contributed by atoms with Crippen molar-refractivity contribution in [1.82, 2.24) is 9.62 Å². The lowest BCUT2D eigenvalue weighted by Gasteiger charge is -2.34. The fraction of sp³-hybridized carbons (Fsp3) is 0.381. The summed E-state index contributed by atoms with van der Waals surface area (Å²) < 4.78 is 32.0. The van der Waals surface area contributed by atoms with Crippen molar-refractivity contribution < 1.29 is 17.9 Å². The molecule has 0 radical (unpaired) electrons. The van der Waals surface area contributed by atoms with Crippen molar-refractivity contribution in [2.75, 3.05) is 25.4 Å². The minimum Gasteiger partial charge on any atom is -0.373 e. The van der Waals surface area contributed by atoms with E-state index in [4.69, 9.17) is 4.74 Å². The number of amides is 1. The summed E-state index contributed by atoms with van der Waals surface area (Å²) in [7, 11) is -3.42. The minimum atomic E-state index is -3.42. The topological polar surface area (TPSA) is 75.7 Å². The number of hydrogen-bond donors (Lipinski definition) is 1. The Balaban J connectivity index is 1.48. The lowest BCUT2D eigenvalue weighted by Crippen LogP contribution is -2.49. The number of carbonyl (C=O) groups is 1. The van der Waals surface area contributed by atoms with Gasteiger partial charge < -0.3 is 10.1 Å². The quantitative estimate of drug-likeness (QED) is 0.680. The van der Waals surface area contributed by atoms with Crippen LogP contribution in [0, 0.1) is 0 Å². The van der Waals surface area contributed by atoms with Crippen LogP contribution in [0.1, 0.15) is 18.7 Å². The smallest absolute Gasteiger partial charge is 0.244 e. The summed E-state index contributed by atoms with van der Waals surface area (Å²) in [4.78, 5) is 14.1. The van der Waals surface area contributed by atoms with Crippen LogP contribution in [0.4, 0.5) is 0 Å². The second-order valence-corrected chi connectivity index (χ2v) is 10.3. The van der Waals surface area contributed by atoms with Crippen molar-refractivity contribution in [2.24, 2.45) is 0 Å². The van der Waals surface area contributed by atoms with Gasteiger partial charge in [-0.1, -0.05) is 30.3 Å². The van der Waals surface area contributed by atoms with Crippen LogP contribution in [0.25, 0.3) is 16.5 Å². The highest BCUT2D eigenvalue weighted by molar-refractivity contribution is 7.89. The number of thiophene rings is 1. The summed E-state index contributed by atoms with van der Waals surface area (Å²) in [6.45, 7) is 4.49. The highest BCUT2D eigenvalue weighted by Crippen LogP contribution is 2.28. The maximum atomic E-state index is 12.5. The van der Waals surface area contributed by atoms with E-state index in [2.05, 4.69) is 5.32 Å². The summed E-state index contributed by atoms with van der Waals surface area (Å²) >= 11 is 1.59. The van der Waals surface area contributed by atoms with Crippen LogP contribution in [0.5, 0.6) is 0 Å². The first kappa shape index (κ1) is 21.7. The third-order valence-corrected chi connectivity index (χ3v) is 7.43. The number of rotatable bonds is 7. The molecule has 2 heterocycles. The fourth-order valence-electron chi connectivity index (χ4n) is 3.21. The number of benzene rings is 1. The van der Waals surface area contributed by atoms with Crippen molar-refractivity contribution in [3.8, 4) is 10.4 Å². The zero-order valence-corrected chi connectivity index (χ0v) is 18.2. The van der Waals surface area contributed by atoms with Gasteiger partial charge in [0.2, 0.25) is 15.9 Å². The highest BCUT2D eigenvalue weighted by atomic mass is 32.2. The molecule has 1 amide bonds. The Kier molecular flexibility index (Phi) is 7.23. The fourth-order valence-corrected chi connectivity index (χ4v) is 5.62. The number of morpholine rings is 1. The largest absolute Gasteiger partial charge is 0.373 e. The van der Waals surface area contributed by atoms with E-state index in [0.29, 0.717) is 13.1 Å². The molecule has 1 aliphatic heterocycles. The molecule has 29 heavy (non-hydrogen) atoms. The van der Waals surface area contributed by atoms with Crippen LogP contribution < -0.4 is 5.32 Å². The Bertz CT molecular complexity index is 944. The lowest BCUT2D eigenvalue weighted by atomic mass is 10.2. The second-order valence-electron chi connectivity index (χ2n) is 7.08. The zero-order valence-electron chi connectivity index (χ0n) is 16.6. The van der Waals surface area contributed by atoms with Gasteiger partial charge in [-0.15, -0.1) is 11.3 Å². The molecule has 0 spiro atoms. The molecule has 8 heteroatoms. The minimum absolute atomic E-state index is 0.0747. The Morgan fingerprint density at radius 1 is 1.17 bits per heavy atom. The average molecular weight is 435 g/mol. The van der Waals surface area contributed by atoms with Gasteiger partial charge >= 0.3 is 0 Å². The maximum absolute atomic E-state index is 12.5. The SMILES string of the molecule is CC1CN(S(=O)(=O)CCNC(=O)/C=C/c2ccc(-c3ccccc3)s2)CC(C)O1.